The Labute approximate surface area is 155 Å². The summed E-state index contributed by atoms with van der Waals surface area (Å²) in [6.07, 6.45) is -3.88. The lowest BCUT2D eigenvalue weighted by atomic mass is 10.0. The normalized spacial score (nSPS) is 17.1. The van der Waals surface area contributed by atoms with Crippen LogP contribution in [0.15, 0.2) is 42.5 Å². The van der Waals surface area contributed by atoms with E-state index in [1.165, 1.54) is 0 Å². The van der Waals surface area contributed by atoms with Gasteiger partial charge in [-0.1, -0.05) is 12.1 Å². The second-order valence-electron chi connectivity index (χ2n) is 6.59. The minimum Gasteiger partial charge on any atom is -0.373 e. The lowest BCUT2D eigenvalue weighted by Crippen LogP contribution is -2.39. The number of para-hydroxylation sites is 2. The fraction of sp³-hybridized carbons (Fsp3) is 0.300. The Morgan fingerprint density at radius 3 is 2.48 bits per heavy atom. The van der Waals surface area contributed by atoms with Crippen molar-refractivity contribution in [3.05, 3.63) is 59.2 Å². The highest BCUT2D eigenvalue weighted by Crippen LogP contribution is 2.36. The number of carbonyl (C=O) groups excluding carboxylic acids is 1. The van der Waals surface area contributed by atoms with Crippen molar-refractivity contribution in [2.24, 2.45) is 0 Å². The molecule has 0 saturated carbocycles. The average Bonchev–Trinajstić information content (AvgIpc) is 2.77. The van der Waals surface area contributed by atoms with Gasteiger partial charge < -0.3 is 9.80 Å². The fourth-order valence-electron chi connectivity index (χ4n) is 3.30. The molecule has 0 radical (unpaired) electrons. The van der Waals surface area contributed by atoms with Crippen LogP contribution in [0.4, 0.5) is 24.5 Å². The van der Waals surface area contributed by atoms with Gasteiger partial charge in [-0.05, 0) is 43.7 Å². The SMILES string of the molecule is C[C@H]1CCN(C)c2ccccc2N1C(=O)c1ccc(C(F)(F)F)cc1C#N. The van der Waals surface area contributed by atoms with E-state index in [9.17, 15) is 23.2 Å². The van der Waals surface area contributed by atoms with Gasteiger partial charge in [0.2, 0.25) is 0 Å². The predicted octanol–water partition coefficient (Wildman–Crippen LogP) is 4.45. The number of carbonyl (C=O) groups is 1. The summed E-state index contributed by atoms with van der Waals surface area (Å²) in [4.78, 5) is 16.9. The smallest absolute Gasteiger partial charge is 0.373 e. The van der Waals surface area contributed by atoms with Gasteiger partial charge in [-0.3, -0.25) is 4.79 Å². The highest BCUT2D eigenvalue weighted by molar-refractivity contribution is 6.09. The molecule has 0 N–H and O–H groups in total. The maximum Gasteiger partial charge on any atom is 0.416 e. The number of halogens is 3. The van der Waals surface area contributed by atoms with Gasteiger partial charge in [-0.25, -0.2) is 0 Å². The molecular weight excluding hydrogens is 355 g/mol. The quantitative estimate of drug-likeness (QED) is 0.742. The molecule has 0 saturated heterocycles. The summed E-state index contributed by atoms with van der Waals surface area (Å²) in [6.45, 7) is 2.63. The summed E-state index contributed by atoms with van der Waals surface area (Å²) in [6, 6.07) is 11.6. The first-order valence-electron chi connectivity index (χ1n) is 8.49. The Morgan fingerprint density at radius 1 is 1.19 bits per heavy atom. The number of nitrogens with zero attached hydrogens (tertiary/aromatic N) is 3. The predicted molar refractivity (Wildman–Crippen MR) is 96.8 cm³/mol. The third kappa shape index (κ3) is 3.47. The zero-order chi connectivity index (χ0) is 19.8. The van der Waals surface area contributed by atoms with E-state index in [4.69, 9.17) is 0 Å². The van der Waals surface area contributed by atoms with Gasteiger partial charge >= 0.3 is 6.18 Å². The molecule has 2 aromatic rings. The van der Waals surface area contributed by atoms with E-state index in [1.54, 1.807) is 11.0 Å². The zero-order valence-electron chi connectivity index (χ0n) is 14.9. The van der Waals surface area contributed by atoms with Gasteiger partial charge in [0.15, 0.2) is 0 Å². The van der Waals surface area contributed by atoms with E-state index < -0.39 is 17.6 Å². The van der Waals surface area contributed by atoms with Crippen LogP contribution < -0.4 is 9.80 Å². The summed E-state index contributed by atoms with van der Waals surface area (Å²) >= 11 is 0. The van der Waals surface area contributed by atoms with E-state index in [-0.39, 0.29) is 17.2 Å². The first kappa shape index (κ1) is 18.8. The third-order valence-corrected chi connectivity index (χ3v) is 4.79. The number of anilines is 2. The van der Waals surface area contributed by atoms with Crippen molar-refractivity contribution in [1.82, 2.24) is 0 Å². The van der Waals surface area contributed by atoms with E-state index in [2.05, 4.69) is 0 Å². The van der Waals surface area contributed by atoms with Gasteiger partial charge in [-0.15, -0.1) is 0 Å². The summed E-state index contributed by atoms with van der Waals surface area (Å²) in [5.41, 5.74) is 0.285. The molecule has 0 spiro atoms. The average molecular weight is 373 g/mol. The Morgan fingerprint density at radius 2 is 1.85 bits per heavy atom. The third-order valence-electron chi connectivity index (χ3n) is 4.79. The molecule has 3 rings (SSSR count). The topological polar surface area (TPSA) is 47.3 Å². The van der Waals surface area contributed by atoms with E-state index in [0.29, 0.717) is 12.1 Å². The first-order chi connectivity index (χ1) is 12.7. The standard InChI is InChI=1S/C20H18F3N3O/c1-13-9-10-25(2)17-5-3-4-6-18(17)26(13)19(27)16-8-7-15(20(21,22)23)11-14(16)12-24/h3-8,11,13H,9-10H2,1-2H3/t13-/m0/s1. The number of benzene rings is 2. The number of rotatable bonds is 1. The van der Waals surface area contributed by atoms with Crippen LogP contribution in [-0.4, -0.2) is 25.5 Å². The van der Waals surface area contributed by atoms with Crippen LogP contribution in [0.5, 0.6) is 0 Å². The molecule has 2 aromatic carbocycles. The van der Waals surface area contributed by atoms with Crippen LogP contribution in [0, 0.1) is 11.3 Å². The number of hydrogen-bond acceptors (Lipinski definition) is 3. The van der Waals surface area contributed by atoms with Gasteiger partial charge in [0, 0.05) is 19.6 Å². The van der Waals surface area contributed by atoms with Gasteiger partial charge in [0.1, 0.15) is 0 Å². The molecule has 0 fully saturated rings. The molecule has 0 unspecified atom stereocenters. The van der Waals surface area contributed by atoms with E-state index in [1.807, 2.05) is 43.1 Å². The highest BCUT2D eigenvalue weighted by atomic mass is 19.4. The van der Waals surface area contributed by atoms with Crippen LogP contribution in [0.25, 0.3) is 0 Å². The number of nitriles is 1. The Kier molecular flexibility index (Phi) is 4.83. The molecule has 1 heterocycles. The highest BCUT2D eigenvalue weighted by Gasteiger charge is 2.34. The number of alkyl halides is 3. The maximum atomic E-state index is 13.2. The molecule has 4 nitrogen and oxygen atoms in total. The minimum absolute atomic E-state index is 0.0308. The van der Waals surface area contributed by atoms with E-state index in [0.717, 1.165) is 30.4 Å². The monoisotopic (exact) mass is 373 g/mol. The summed E-state index contributed by atoms with van der Waals surface area (Å²) < 4.78 is 38.8. The summed E-state index contributed by atoms with van der Waals surface area (Å²) in [5, 5.41) is 9.32. The molecule has 1 atom stereocenters. The number of fused-ring (bicyclic) bond motifs is 1. The number of hydrogen-bond donors (Lipinski definition) is 0. The molecule has 1 aliphatic rings. The minimum atomic E-state index is -4.57. The fourth-order valence-corrected chi connectivity index (χ4v) is 3.30. The number of amides is 1. The largest absolute Gasteiger partial charge is 0.416 e. The van der Waals surface area contributed by atoms with Crippen LogP contribution in [-0.2, 0) is 6.18 Å². The van der Waals surface area contributed by atoms with Crippen molar-refractivity contribution in [3.63, 3.8) is 0 Å². The van der Waals surface area contributed by atoms with Gasteiger partial charge in [0.25, 0.3) is 5.91 Å². The second-order valence-corrected chi connectivity index (χ2v) is 6.59. The summed E-state index contributed by atoms with van der Waals surface area (Å²) in [7, 11) is 1.93. The van der Waals surface area contributed by atoms with Gasteiger partial charge in [-0.2, -0.15) is 18.4 Å². The molecular formula is C20H18F3N3O. The molecule has 140 valence electrons. The van der Waals surface area contributed by atoms with Crippen LogP contribution in [0.2, 0.25) is 0 Å². The lowest BCUT2D eigenvalue weighted by molar-refractivity contribution is -0.137. The van der Waals surface area contributed by atoms with Crippen molar-refractivity contribution in [1.29, 1.82) is 5.26 Å². The molecule has 1 amide bonds. The molecule has 0 bridgehead atoms. The second kappa shape index (κ2) is 6.95. The molecule has 7 heteroatoms. The van der Waals surface area contributed by atoms with Crippen molar-refractivity contribution in [2.45, 2.75) is 25.6 Å². The van der Waals surface area contributed by atoms with Gasteiger partial charge in [0.05, 0.1) is 34.1 Å². The van der Waals surface area contributed by atoms with Crippen LogP contribution in [0.1, 0.15) is 34.8 Å². The van der Waals surface area contributed by atoms with E-state index >= 15 is 0 Å². The molecule has 1 aliphatic heterocycles. The van der Waals surface area contributed by atoms with Crippen LogP contribution >= 0.6 is 0 Å². The lowest BCUT2D eigenvalue weighted by Gasteiger charge is -2.29. The maximum absolute atomic E-state index is 13.2. The van der Waals surface area contributed by atoms with Crippen molar-refractivity contribution < 1.29 is 18.0 Å². The van der Waals surface area contributed by atoms with Crippen molar-refractivity contribution in [2.75, 3.05) is 23.4 Å². The Balaban J connectivity index is 2.10. The van der Waals surface area contributed by atoms with Crippen molar-refractivity contribution >= 4 is 17.3 Å². The summed E-state index contributed by atoms with van der Waals surface area (Å²) in [5.74, 6) is -0.476. The van der Waals surface area contributed by atoms with Crippen LogP contribution in [0.3, 0.4) is 0 Å². The molecule has 0 aromatic heterocycles. The first-order valence-corrected chi connectivity index (χ1v) is 8.49. The molecule has 27 heavy (non-hydrogen) atoms. The van der Waals surface area contributed by atoms with Crippen molar-refractivity contribution in [3.8, 4) is 6.07 Å². The molecule has 0 aliphatic carbocycles. The Hall–Kier alpha value is -3.01. The Bertz CT molecular complexity index is 917. The zero-order valence-corrected chi connectivity index (χ0v) is 14.9.